The number of nitrogens with two attached hydrogens (primary N) is 1. The maximum absolute atomic E-state index is 12.7. The highest BCUT2D eigenvalue weighted by Gasteiger charge is 2.30. The van der Waals surface area contributed by atoms with E-state index in [1.165, 1.54) is 19.3 Å². The molecule has 1 saturated heterocycles. The van der Waals surface area contributed by atoms with Gasteiger partial charge in [-0.3, -0.25) is 9.69 Å². The lowest BCUT2D eigenvalue weighted by atomic mass is 9.91. The van der Waals surface area contributed by atoms with E-state index in [9.17, 15) is 4.79 Å². The molecule has 1 amide bonds. The zero-order chi connectivity index (χ0) is 16.5. The summed E-state index contributed by atoms with van der Waals surface area (Å²) in [5.74, 6) is 0.0912. The molecule has 0 spiro atoms. The van der Waals surface area contributed by atoms with Gasteiger partial charge in [0.05, 0.1) is 6.04 Å². The number of para-hydroxylation sites is 1. The number of hydrogen-bond acceptors (Lipinski definition) is 3. The first-order chi connectivity index (χ1) is 11.7. The lowest BCUT2D eigenvalue weighted by Crippen LogP contribution is -2.56. The summed E-state index contributed by atoms with van der Waals surface area (Å²) in [4.78, 5) is 20.4. The van der Waals surface area contributed by atoms with Crippen molar-refractivity contribution in [3.8, 4) is 0 Å². The van der Waals surface area contributed by atoms with E-state index >= 15 is 0 Å². The minimum atomic E-state index is -0.459. The number of fused-ring (bicyclic) bond motifs is 1. The van der Waals surface area contributed by atoms with E-state index in [2.05, 4.69) is 16.0 Å². The van der Waals surface area contributed by atoms with Gasteiger partial charge in [0.2, 0.25) is 5.91 Å². The van der Waals surface area contributed by atoms with Gasteiger partial charge in [-0.25, -0.2) is 0 Å². The normalized spacial score (nSPS) is 21.0. The summed E-state index contributed by atoms with van der Waals surface area (Å²) in [6.07, 6.45) is 6.58. The zero-order valence-corrected chi connectivity index (χ0v) is 14.1. The molecule has 1 aliphatic carbocycles. The number of nitrogens with zero attached hydrogens (tertiary/aromatic N) is 2. The first-order valence-electron chi connectivity index (χ1n) is 9.06. The Labute approximate surface area is 142 Å². The molecule has 0 radical (unpaired) electrons. The van der Waals surface area contributed by atoms with E-state index in [1.807, 2.05) is 29.3 Å². The molecule has 0 bridgehead atoms. The first-order valence-corrected chi connectivity index (χ1v) is 9.06. The van der Waals surface area contributed by atoms with Crippen molar-refractivity contribution < 1.29 is 4.79 Å². The summed E-state index contributed by atoms with van der Waals surface area (Å²) >= 11 is 0. The first kappa shape index (κ1) is 15.7. The standard InChI is InChI=1S/C19H26N4O/c20-17(12-14-13-21-18-7-2-1-6-16(14)18)19(24)23-10-8-22(9-11-23)15-4-3-5-15/h1-2,6-7,13,15,17,21H,3-5,8-12,20H2/t17-/m0/s1. The van der Waals surface area contributed by atoms with Crippen LogP contribution in [0.1, 0.15) is 24.8 Å². The molecule has 2 fully saturated rings. The van der Waals surface area contributed by atoms with Crippen LogP contribution >= 0.6 is 0 Å². The molecular weight excluding hydrogens is 300 g/mol. The molecular formula is C19H26N4O. The molecule has 1 atom stereocenters. The molecule has 1 saturated carbocycles. The molecule has 5 nitrogen and oxygen atoms in total. The molecule has 0 unspecified atom stereocenters. The summed E-state index contributed by atoms with van der Waals surface area (Å²) < 4.78 is 0. The Kier molecular flexibility index (Phi) is 4.29. The Morgan fingerprint density at radius 1 is 1.21 bits per heavy atom. The second-order valence-corrected chi connectivity index (χ2v) is 7.12. The summed E-state index contributed by atoms with van der Waals surface area (Å²) in [7, 11) is 0. The number of aromatic amines is 1. The van der Waals surface area contributed by atoms with Crippen molar-refractivity contribution in [3.05, 3.63) is 36.0 Å². The summed E-state index contributed by atoms with van der Waals surface area (Å²) in [6, 6.07) is 8.46. The second-order valence-electron chi connectivity index (χ2n) is 7.12. The highest BCUT2D eigenvalue weighted by molar-refractivity contribution is 5.86. The molecule has 3 N–H and O–H groups in total. The fraction of sp³-hybridized carbons (Fsp3) is 0.526. The lowest BCUT2D eigenvalue weighted by Gasteiger charge is -2.43. The van der Waals surface area contributed by atoms with E-state index in [0.29, 0.717) is 6.42 Å². The number of nitrogens with one attached hydrogen (secondary N) is 1. The van der Waals surface area contributed by atoms with Gasteiger partial charge in [-0.2, -0.15) is 0 Å². The maximum atomic E-state index is 12.7. The average molecular weight is 326 g/mol. The SMILES string of the molecule is N[C@@H](Cc1c[nH]c2ccccc12)C(=O)N1CCN(C2CCC2)CC1. The predicted molar refractivity (Wildman–Crippen MR) is 95.8 cm³/mol. The third kappa shape index (κ3) is 2.94. The van der Waals surface area contributed by atoms with Gasteiger partial charge in [-0.1, -0.05) is 24.6 Å². The van der Waals surface area contributed by atoms with Gasteiger partial charge in [0, 0.05) is 49.3 Å². The van der Waals surface area contributed by atoms with Gasteiger partial charge < -0.3 is 15.6 Å². The Morgan fingerprint density at radius 2 is 1.96 bits per heavy atom. The second kappa shape index (κ2) is 6.57. The van der Waals surface area contributed by atoms with Gasteiger partial charge in [0.1, 0.15) is 0 Å². The predicted octanol–water partition coefficient (Wildman–Crippen LogP) is 1.73. The van der Waals surface area contributed by atoms with Crippen LogP contribution in [0.3, 0.4) is 0 Å². The molecule has 24 heavy (non-hydrogen) atoms. The number of carbonyl (C=O) groups is 1. The molecule has 2 aromatic rings. The van der Waals surface area contributed by atoms with Crippen LogP contribution in [0, 0.1) is 0 Å². The molecule has 2 heterocycles. The number of rotatable bonds is 4. The highest BCUT2D eigenvalue weighted by atomic mass is 16.2. The van der Waals surface area contributed by atoms with Crippen LogP contribution in [0.5, 0.6) is 0 Å². The van der Waals surface area contributed by atoms with E-state index in [-0.39, 0.29) is 5.91 Å². The van der Waals surface area contributed by atoms with Crippen LogP contribution in [0.4, 0.5) is 0 Å². The Morgan fingerprint density at radius 3 is 2.67 bits per heavy atom. The van der Waals surface area contributed by atoms with E-state index in [0.717, 1.165) is 48.7 Å². The number of H-pyrrole nitrogens is 1. The highest BCUT2D eigenvalue weighted by Crippen LogP contribution is 2.25. The number of carbonyl (C=O) groups excluding carboxylic acids is 1. The Balaban J connectivity index is 1.36. The number of benzene rings is 1. The Hall–Kier alpha value is -1.85. The number of piperazine rings is 1. The Bertz CT molecular complexity index is 713. The van der Waals surface area contributed by atoms with Gasteiger partial charge in [0.25, 0.3) is 0 Å². The molecule has 1 aromatic carbocycles. The average Bonchev–Trinajstić information content (AvgIpc) is 2.96. The summed E-state index contributed by atoms with van der Waals surface area (Å²) in [5, 5.41) is 1.16. The number of hydrogen-bond donors (Lipinski definition) is 2. The van der Waals surface area contributed by atoms with Crippen molar-refractivity contribution in [1.82, 2.24) is 14.8 Å². The minimum Gasteiger partial charge on any atom is -0.361 e. The van der Waals surface area contributed by atoms with Gasteiger partial charge in [-0.05, 0) is 30.9 Å². The van der Waals surface area contributed by atoms with Crippen LogP contribution in [0.2, 0.25) is 0 Å². The van der Waals surface area contributed by atoms with Gasteiger partial charge in [0.15, 0.2) is 0 Å². The zero-order valence-electron chi connectivity index (χ0n) is 14.1. The molecule has 2 aliphatic rings. The third-order valence-corrected chi connectivity index (χ3v) is 5.65. The maximum Gasteiger partial charge on any atom is 0.239 e. The van der Waals surface area contributed by atoms with Gasteiger partial charge >= 0.3 is 0 Å². The van der Waals surface area contributed by atoms with E-state index in [4.69, 9.17) is 5.73 Å². The van der Waals surface area contributed by atoms with Gasteiger partial charge in [-0.15, -0.1) is 0 Å². The van der Waals surface area contributed by atoms with Crippen molar-refractivity contribution in [1.29, 1.82) is 0 Å². The minimum absolute atomic E-state index is 0.0912. The fourth-order valence-corrected chi connectivity index (χ4v) is 3.92. The fourth-order valence-electron chi connectivity index (χ4n) is 3.92. The number of aromatic nitrogens is 1. The largest absolute Gasteiger partial charge is 0.361 e. The number of amides is 1. The van der Waals surface area contributed by atoms with Crippen LogP contribution in [0.15, 0.2) is 30.5 Å². The van der Waals surface area contributed by atoms with Crippen LogP contribution < -0.4 is 5.73 Å². The topological polar surface area (TPSA) is 65.4 Å². The molecule has 128 valence electrons. The quantitative estimate of drug-likeness (QED) is 0.899. The third-order valence-electron chi connectivity index (χ3n) is 5.65. The lowest BCUT2D eigenvalue weighted by molar-refractivity contribution is -0.134. The monoisotopic (exact) mass is 326 g/mol. The van der Waals surface area contributed by atoms with Crippen molar-refractivity contribution in [3.63, 3.8) is 0 Å². The van der Waals surface area contributed by atoms with E-state index in [1.54, 1.807) is 0 Å². The van der Waals surface area contributed by atoms with Crippen molar-refractivity contribution in [2.75, 3.05) is 26.2 Å². The van der Waals surface area contributed by atoms with Crippen LogP contribution in [-0.4, -0.2) is 59.0 Å². The smallest absolute Gasteiger partial charge is 0.239 e. The van der Waals surface area contributed by atoms with Crippen molar-refractivity contribution in [2.45, 2.75) is 37.8 Å². The summed E-state index contributed by atoms with van der Waals surface area (Å²) in [5.41, 5.74) is 8.47. The van der Waals surface area contributed by atoms with Crippen LogP contribution in [0.25, 0.3) is 10.9 Å². The van der Waals surface area contributed by atoms with Crippen molar-refractivity contribution in [2.24, 2.45) is 5.73 Å². The summed E-state index contributed by atoms with van der Waals surface area (Å²) in [6.45, 7) is 3.63. The van der Waals surface area contributed by atoms with Crippen LogP contribution in [-0.2, 0) is 11.2 Å². The molecule has 4 rings (SSSR count). The molecule has 1 aromatic heterocycles. The molecule has 5 heteroatoms. The molecule has 1 aliphatic heterocycles. The van der Waals surface area contributed by atoms with Crippen molar-refractivity contribution >= 4 is 16.8 Å². The van der Waals surface area contributed by atoms with E-state index < -0.39 is 6.04 Å².